The smallest absolute Gasteiger partial charge is 0.225 e. The predicted octanol–water partition coefficient (Wildman–Crippen LogP) is 1.32. The Hall–Kier alpha value is -1.65. The number of nitrogens with zero attached hydrogens (tertiary/aromatic N) is 4. The minimum atomic E-state index is 0.305. The third-order valence-electron chi connectivity index (χ3n) is 4.10. The van der Waals surface area contributed by atoms with Crippen molar-refractivity contribution in [1.82, 2.24) is 14.9 Å². The molecular formula is C14H20N4O. The molecule has 0 unspecified atom stereocenters. The van der Waals surface area contributed by atoms with E-state index in [1.807, 2.05) is 11.0 Å². The number of carbonyl (C=O) groups is 1. The molecule has 1 aliphatic heterocycles. The third kappa shape index (κ3) is 2.69. The zero-order valence-corrected chi connectivity index (χ0v) is 11.2. The van der Waals surface area contributed by atoms with E-state index >= 15 is 0 Å². The van der Waals surface area contributed by atoms with Crippen molar-refractivity contribution in [2.24, 2.45) is 5.92 Å². The molecular weight excluding hydrogens is 240 g/mol. The van der Waals surface area contributed by atoms with Crippen molar-refractivity contribution in [3.63, 3.8) is 0 Å². The molecule has 3 rings (SSSR count). The molecule has 5 nitrogen and oxygen atoms in total. The summed E-state index contributed by atoms with van der Waals surface area (Å²) in [7, 11) is 0. The van der Waals surface area contributed by atoms with E-state index in [0.717, 1.165) is 51.4 Å². The molecule has 0 aromatic carbocycles. The van der Waals surface area contributed by atoms with E-state index in [4.69, 9.17) is 0 Å². The van der Waals surface area contributed by atoms with Gasteiger partial charge in [-0.05, 0) is 25.3 Å². The number of anilines is 1. The van der Waals surface area contributed by atoms with E-state index < -0.39 is 0 Å². The molecule has 1 aliphatic carbocycles. The molecule has 1 saturated carbocycles. The first kappa shape index (κ1) is 12.4. The third-order valence-corrected chi connectivity index (χ3v) is 4.10. The van der Waals surface area contributed by atoms with E-state index in [1.165, 1.54) is 6.42 Å². The number of hydrogen-bond donors (Lipinski definition) is 0. The second-order valence-corrected chi connectivity index (χ2v) is 5.34. The number of hydrogen-bond acceptors (Lipinski definition) is 4. The van der Waals surface area contributed by atoms with Gasteiger partial charge < -0.3 is 9.80 Å². The van der Waals surface area contributed by atoms with Crippen molar-refractivity contribution in [2.75, 3.05) is 31.1 Å². The monoisotopic (exact) mass is 260 g/mol. The van der Waals surface area contributed by atoms with Crippen LogP contribution in [0.4, 0.5) is 5.95 Å². The van der Waals surface area contributed by atoms with Crippen LogP contribution in [-0.2, 0) is 4.79 Å². The van der Waals surface area contributed by atoms with Gasteiger partial charge in [0, 0.05) is 44.5 Å². The summed E-state index contributed by atoms with van der Waals surface area (Å²) in [4.78, 5) is 25.0. The van der Waals surface area contributed by atoms with Gasteiger partial charge >= 0.3 is 0 Å². The lowest BCUT2D eigenvalue weighted by Crippen LogP contribution is -2.41. The largest absolute Gasteiger partial charge is 0.341 e. The summed E-state index contributed by atoms with van der Waals surface area (Å²) in [5, 5.41) is 0. The van der Waals surface area contributed by atoms with Gasteiger partial charge in [-0.3, -0.25) is 4.79 Å². The highest BCUT2D eigenvalue weighted by Gasteiger charge is 2.30. The Morgan fingerprint density at radius 1 is 1.05 bits per heavy atom. The topological polar surface area (TPSA) is 49.3 Å². The van der Waals surface area contributed by atoms with Crippen LogP contribution in [0, 0.1) is 5.92 Å². The van der Waals surface area contributed by atoms with Crippen LogP contribution in [0.25, 0.3) is 0 Å². The number of amides is 1. The van der Waals surface area contributed by atoms with E-state index in [-0.39, 0.29) is 0 Å². The van der Waals surface area contributed by atoms with Gasteiger partial charge in [0.15, 0.2) is 0 Å². The minimum absolute atomic E-state index is 0.305. The maximum Gasteiger partial charge on any atom is 0.225 e. The number of carbonyl (C=O) groups excluding carboxylic acids is 1. The van der Waals surface area contributed by atoms with Gasteiger partial charge in [-0.15, -0.1) is 0 Å². The normalized spacial score (nSPS) is 20.8. The molecule has 102 valence electrons. The summed E-state index contributed by atoms with van der Waals surface area (Å²) in [5.41, 5.74) is 0. The molecule has 1 aromatic rings. The molecule has 1 aromatic heterocycles. The van der Waals surface area contributed by atoms with E-state index in [1.54, 1.807) is 12.4 Å². The summed E-state index contributed by atoms with van der Waals surface area (Å²) in [5.74, 6) is 1.45. The molecule has 1 saturated heterocycles. The van der Waals surface area contributed by atoms with Gasteiger partial charge in [0.1, 0.15) is 0 Å². The van der Waals surface area contributed by atoms with E-state index in [9.17, 15) is 4.79 Å². The first-order chi connectivity index (χ1) is 9.34. The quantitative estimate of drug-likeness (QED) is 0.804. The summed E-state index contributed by atoms with van der Waals surface area (Å²) in [6.07, 6.45) is 7.92. The first-order valence-electron chi connectivity index (χ1n) is 7.15. The fourth-order valence-corrected chi connectivity index (χ4v) is 2.71. The minimum Gasteiger partial charge on any atom is -0.341 e. The average Bonchev–Trinajstić information content (AvgIpc) is 2.63. The Kier molecular flexibility index (Phi) is 3.62. The van der Waals surface area contributed by atoms with Crippen LogP contribution < -0.4 is 4.90 Å². The highest BCUT2D eigenvalue weighted by Crippen LogP contribution is 2.28. The maximum atomic E-state index is 12.3. The molecule has 5 heteroatoms. The van der Waals surface area contributed by atoms with Crippen molar-refractivity contribution in [3.8, 4) is 0 Å². The summed E-state index contributed by atoms with van der Waals surface area (Å²) in [6, 6.07) is 1.83. The van der Waals surface area contributed by atoms with Crippen LogP contribution in [0.15, 0.2) is 18.5 Å². The Morgan fingerprint density at radius 3 is 2.53 bits per heavy atom. The van der Waals surface area contributed by atoms with Crippen LogP contribution in [0.3, 0.4) is 0 Å². The zero-order valence-electron chi connectivity index (χ0n) is 11.2. The Balaban J connectivity index is 1.61. The van der Waals surface area contributed by atoms with Crippen LogP contribution in [0.1, 0.15) is 25.7 Å². The van der Waals surface area contributed by atoms with Gasteiger partial charge in [-0.2, -0.15) is 0 Å². The Morgan fingerprint density at radius 2 is 1.84 bits per heavy atom. The second kappa shape index (κ2) is 5.55. The van der Waals surface area contributed by atoms with Crippen molar-refractivity contribution in [2.45, 2.75) is 25.7 Å². The standard InChI is InChI=1S/C14H20N4O/c19-13(12-4-1-5-12)17-8-3-9-18(11-10-17)14-15-6-2-7-16-14/h2,6-7,12H,1,3-5,8-11H2. The van der Waals surface area contributed by atoms with Crippen LogP contribution in [0.2, 0.25) is 0 Å². The Bertz CT molecular complexity index is 432. The lowest BCUT2D eigenvalue weighted by Gasteiger charge is -2.31. The van der Waals surface area contributed by atoms with Crippen molar-refractivity contribution in [1.29, 1.82) is 0 Å². The fourth-order valence-electron chi connectivity index (χ4n) is 2.71. The van der Waals surface area contributed by atoms with E-state index in [0.29, 0.717) is 11.8 Å². The molecule has 2 heterocycles. The Labute approximate surface area is 113 Å². The summed E-state index contributed by atoms with van der Waals surface area (Å²) in [6.45, 7) is 3.44. The molecule has 0 spiro atoms. The van der Waals surface area contributed by atoms with Gasteiger partial charge in [-0.1, -0.05) is 6.42 Å². The summed E-state index contributed by atoms with van der Waals surface area (Å²) >= 11 is 0. The second-order valence-electron chi connectivity index (χ2n) is 5.34. The van der Waals surface area contributed by atoms with Crippen LogP contribution in [-0.4, -0.2) is 47.0 Å². The van der Waals surface area contributed by atoms with Gasteiger partial charge in [0.2, 0.25) is 11.9 Å². The molecule has 1 amide bonds. The maximum absolute atomic E-state index is 12.3. The lowest BCUT2D eigenvalue weighted by molar-refractivity contribution is -0.137. The molecule has 2 fully saturated rings. The number of rotatable bonds is 2. The highest BCUT2D eigenvalue weighted by molar-refractivity contribution is 5.79. The lowest BCUT2D eigenvalue weighted by atomic mass is 9.84. The van der Waals surface area contributed by atoms with Crippen molar-refractivity contribution in [3.05, 3.63) is 18.5 Å². The summed E-state index contributed by atoms with van der Waals surface area (Å²) < 4.78 is 0. The van der Waals surface area contributed by atoms with Gasteiger partial charge in [0.05, 0.1) is 0 Å². The molecule has 0 bridgehead atoms. The van der Waals surface area contributed by atoms with Crippen molar-refractivity contribution < 1.29 is 4.79 Å². The van der Waals surface area contributed by atoms with Crippen molar-refractivity contribution >= 4 is 11.9 Å². The average molecular weight is 260 g/mol. The molecule has 0 N–H and O–H groups in total. The predicted molar refractivity (Wildman–Crippen MR) is 72.8 cm³/mol. The van der Waals surface area contributed by atoms with E-state index in [2.05, 4.69) is 14.9 Å². The molecule has 0 radical (unpaired) electrons. The van der Waals surface area contributed by atoms with Gasteiger partial charge in [0.25, 0.3) is 0 Å². The van der Waals surface area contributed by atoms with Crippen LogP contribution >= 0.6 is 0 Å². The number of aromatic nitrogens is 2. The highest BCUT2D eigenvalue weighted by atomic mass is 16.2. The first-order valence-corrected chi connectivity index (χ1v) is 7.15. The SMILES string of the molecule is O=C(C1CCC1)N1CCCN(c2ncccn2)CC1. The molecule has 0 atom stereocenters. The zero-order chi connectivity index (χ0) is 13.1. The van der Waals surface area contributed by atoms with Gasteiger partial charge in [-0.25, -0.2) is 9.97 Å². The molecule has 19 heavy (non-hydrogen) atoms. The fraction of sp³-hybridized carbons (Fsp3) is 0.643. The van der Waals surface area contributed by atoms with Crippen LogP contribution in [0.5, 0.6) is 0 Å². The molecule has 2 aliphatic rings.